The van der Waals surface area contributed by atoms with Crippen LogP contribution in [0.3, 0.4) is 0 Å². The Kier molecular flexibility index (Phi) is 7.26. The quantitative estimate of drug-likeness (QED) is 0.492. The third-order valence-electron chi connectivity index (χ3n) is 5.34. The molecule has 0 heterocycles. The van der Waals surface area contributed by atoms with Crippen LogP contribution in [0, 0.1) is 0 Å². The summed E-state index contributed by atoms with van der Waals surface area (Å²) in [4.78, 5) is 6.52. The molecule has 140 valence electrons. The normalized spacial score (nSPS) is 14.0. The van der Waals surface area contributed by atoms with E-state index in [1.807, 2.05) is 14.1 Å². The third kappa shape index (κ3) is 4.87. The van der Waals surface area contributed by atoms with E-state index in [9.17, 15) is 0 Å². The fourth-order valence-electron chi connectivity index (χ4n) is 2.93. The van der Waals surface area contributed by atoms with E-state index >= 15 is 0 Å². The molecule has 1 N–H and O–H groups in total. The van der Waals surface area contributed by atoms with Gasteiger partial charge in [-0.05, 0) is 60.1 Å². The maximum atomic E-state index is 4.44. The van der Waals surface area contributed by atoms with Crippen LogP contribution < -0.4 is 10.2 Å². The lowest BCUT2D eigenvalue weighted by Crippen LogP contribution is -2.33. The average Bonchev–Trinajstić information content (AvgIpc) is 2.70. The van der Waals surface area contributed by atoms with Crippen molar-refractivity contribution >= 4 is 17.3 Å². The van der Waals surface area contributed by atoms with Crippen molar-refractivity contribution in [3.8, 4) is 0 Å². The number of nitrogens with one attached hydrogen (secondary N) is 1. The van der Waals surface area contributed by atoms with Gasteiger partial charge in [0, 0.05) is 25.5 Å². The Bertz CT molecular complexity index is 701. The van der Waals surface area contributed by atoms with Gasteiger partial charge in [-0.25, -0.2) is 0 Å². The number of anilines is 2. The number of aliphatic imine (C=N–C) groups is 1. The fourth-order valence-corrected chi connectivity index (χ4v) is 2.93. The average molecular weight is 352 g/mol. The van der Waals surface area contributed by atoms with Crippen molar-refractivity contribution < 1.29 is 0 Å². The van der Waals surface area contributed by atoms with Crippen LogP contribution in [0.1, 0.15) is 63.5 Å². The second-order valence-electron chi connectivity index (χ2n) is 7.06. The van der Waals surface area contributed by atoms with E-state index in [1.54, 1.807) is 0 Å². The Hall–Kier alpha value is -2.29. The summed E-state index contributed by atoms with van der Waals surface area (Å²) in [6, 6.07) is 17.4. The largest absolute Gasteiger partial charge is 0.326 e. The molecular formula is C23H33N3. The molecule has 0 bridgehead atoms. The predicted octanol–water partition coefficient (Wildman–Crippen LogP) is 6.25. The van der Waals surface area contributed by atoms with Crippen molar-refractivity contribution in [2.45, 2.75) is 52.4 Å². The standard InChI is InChI=1S/C23H33N3/c1-7-17(3)19-9-13-21(14-10-19)25-23(24-5)26(6)22-15-11-20(12-16-22)18(4)8-2/h9-18H,7-8H2,1-6H3,(H,24,25). The van der Waals surface area contributed by atoms with Crippen LogP contribution in [0.25, 0.3) is 0 Å². The van der Waals surface area contributed by atoms with E-state index in [0.29, 0.717) is 11.8 Å². The molecule has 2 rings (SSSR count). The second-order valence-corrected chi connectivity index (χ2v) is 7.06. The maximum absolute atomic E-state index is 4.44. The SMILES string of the molecule is CCC(C)c1ccc(NC(=NC)N(C)c2ccc(C(C)CC)cc2)cc1. The Labute approximate surface area is 159 Å². The summed E-state index contributed by atoms with van der Waals surface area (Å²) in [5, 5.41) is 3.44. The summed E-state index contributed by atoms with van der Waals surface area (Å²) in [6.07, 6.45) is 2.31. The van der Waals surface area contributed by atoms with Gasteiger partial charge in [0.15, 0.2) is 0 Å². The zero-order valence-corrected chi connectivity index (χ0v) is 17.1. The number of rotatable bonds is 6. The molecule has 0 aliphatic heterocycles. The minimum Gasteiger partial charge on any atom is -0.326 e. The fraction of sp³-hybridized carbons (Fsp3) is 0.435. The first-order valence-electron chi connectivity index (χ1n) is 9.67. The van der Waals surface area contributed by atoms with Crippen molar-refractivity contribution in [1.29, 1.82) is 0 Å². The molecule has 0 radical (unpaired) electrons. The smallest absolute Gasteiger partial charge is 0.202 e. The summed E-state index contributed by atoms with van der Waals surface area (Å²) >= 11 is 0. The zero-order chi connectivity index (χ0) is 19.1. The lowest BCUT2D eigenvalue weighted by atomic mass is 9.98. The zero-order valence-electron chi connectivity index (χ0n) is 17.1. The van der Waals surface area contributed by atoms with Gasteiger partial charge < -0.3 is 10.2 Å². The number of guanidine groups is 1. The Balaban J connectivity index is 2.10. The molecule has 0 aromatic heterocycles. The van der Waals surface area contributed by atoms with Gasteiger partial charge in [-0.1, -0.05) is 52.0 Å². The molecule has 2 aromatic rings. The van der Waals surface area contributed by atoms with Crippen molar-refractivity contribution in [2.75, 3.05) is 24.3 Å². The molecule has 0 saturated carbocycles. The summed E-state index contributed by atoms with van der Waals surface area (Å²) in [6.45, 7) is 8.98. The Morgan fingerprint density at radius 3 is 1.77 bits per heavy atom. The van der Waals surface area contributed by atoms with Crippen LogP contribution >= 0.6 is 0 Å². The van der Waals surface area contributed by atoms with Gasteiger partial charge in [0.05, 0.1) is 0 Å². The summed E-state index contributed by atoms with van der Waals surface area (Å²) in [7, 11) is 3.86. The van der Waals surface area contributed by atoms with Crippen LogP contribution in [-0.4, -0.2) is 20.1 Å². The highest BCUT2D eigenvalue weighted by atomic mass is 15.3. The molecule has 0 spiro atoms. The first-order chi connectivity index (χ1) is 12.5. The minimum absolute atomic E-state index is 0.593. The molecule has 0 amide bonds. The summed E-state index contributed by atoms with van der Waals surface area (Å²) < 4.78 is 0. The third-order valence-corrected chi connectivity index (χ3v) is 5.34. The van der Waals surface area contributed by atoms with E-state index in [1.165, 1.54) is 11.1 Å². The van der Waals surface area contributed by atoms with E-state index < -0.39 is 0 Å². The maximum Gasteiger partial charge on any atom is 0.202 e. The van der Waals surface area contributed by atoms with E-state index in [-0.39, 0.29) is 0 Å². The van der Waals surface area contributed by atoms with E-state index in [4.69, 9.17) is 0 Å². The van der Waals surface area contributed by atoms with Crippen LogP contribution in [0.2, 0.25) is 0 Å². The second kappa shape index (κ2) is 9.42. The van der Waals surface area contributed by atoms with E-state index in [0.717, 1.165) is 30.2 Å². The number of hydrogen-bond donors (Lipinski definition) is 1. The molecular weight excluding hydrogens is 318 g/mol. The molecule has 3 heteroatoms. The minimum atomic E-state index is 0.593. The van der Waals surface area contributed by atoms with Gasteiger partial charge in [-0.3, -0.25) is 4.99 Å². The molecule has 3 nitrogen and oxygen atoms in total. The highest BCUT2D eigenvalue weighted by molar-refractivity contribution is 6.05. The molecule has 0 saturated heterocycles. The van der Waals surface area contributed by atoms with Gasteiger partial charge in [0.25, 0.3) is 0 Å². The number of hydrogen-bond acceptors (Lipinski definition) is 1. The molecule has 26 heavy (non-hydrogen) atoms. The summed E-state index contributed by atoms with van der Waals surface area (Å²) in [5.41, 5.74) is 4.94. The molecule has 0 fully saturated rings. The molecule has 2 aromatic carbocycles. The van der Waals surface area contributed by atoms with Crippen molar-refractivity contribution in [1.82, 2.24) is 0 Å². The summed E-state index contributed by atoms with van der Waals surface area (Å²) in [5.74, 6) is 2.02. The highest BCUT2D eigenvalue weighted by Crippen LogP contribution is 2.23. The topological polar surface area (TPSA) is 27.6 Å². The van der Waals surface area contributed by atoms with Gasteiger partial charge in [0.2, 0.25) is 5.96 Å². The van der Waals surface area contributed by atoms with Crippen LogP contribution in [0.15, 0.2) is 53.5 Å². The molecule has 0 aliphatic carbocycles. The number of benzene rings is 2. The monoisotopic (exact) mass is 351 g/mol. The Morgan fingerprint density at radius 1 is 0.885 bits per heavy atom. The van der Waals surface area contributed by atoms with Crippen LogP contribution in [-0.2, 0) is 0 Å². The number of nitrogens with zero attached hydrogens (tertiary/aromatic N) is 2. The predicted molar refractivity (Wildman–Crippen MR) is 116 cm³/mol. The lowest BCUT2D eigenvalue weighted by Gasteiger charge is -2.23. The van der Waals surface area contributed by atoms with Gasteiger partial charge in [0.1, 0.15) is 0 Å². The van der Waals surface area contributed by atoms with Crippen LogP contribution in [0.5, 0.6) is 0 Å². The van der Waals surface area contributed by atoms with Crippen molar-refractivity contribution in [3.05, 3.63) is 59.7 Å². The van der Waals surface area contributed by atoms with Crippen molar-refractivity contribution in [2.24, 2.45) is 4.99 Å². The van der Waals surface area contributed by atoms with Gasteiger partial charge in [-0.2, -0.15) is 0 Å². The lowest BCUT2D eigenvalue weighted by molar-refractivity contribution is 0.733. The van der Waals surface area contributed by atoms with Gasteiger partial charge >= 0.3 is 0 Å². The molecule has 2 unspecified atom stereocenters. The van der Waals surface area contributed by atoms with Crippen molar-refractivity contribution in [3.63, 3.8) is 0 Å². The Morgan fingerprint density at radius 2 is 1.35 bits per heavy atom. The first kappa shape index (κ1) is 20.0. The first-order valence-corrected chi connectivity index (χ1v) is 9.67. The molecule has 0 aliphatic rings. The molecule has 2 atom stereocenters. The highest BCUT2D eigenvalue weighted by Gasteiger charge is 2.10. The van der Waals surface area contributed by atoms with Crippen LogP contribution in [0.4, 0.5) is 11.4 Å². The van der Waals surface area contributed by atoms with Gasteiger partial charge in [-0.15, -0.1) is 0 Å². The van der Waals surface area contributed by atoms with E-state index in [2.05, 4.69) is 91.4 Å².